The number of nitrogens with zero attached hydrogens (tertiary/aromatic N) is 4. The normalized spacial score (nSPS) is 15.6. The van der Waals surface area contributed by atoms with Crippen LogP contribution >= 0.6 is 12.2 Å². The smallest absolute Gasteiger partial charge is 0.264 e. The zero-order chi connectivity index (χ0) is 24.1. The van der Waals surface area contributed by atoms with Crippen LogP contribution in [-0.2, 0) is 11.3 Å². The van der Waals surface area contributed by atoms with E-state index < -0.39 is 5.56 Å². The van der Waals surface area contributed by atoms with E-state index in [4.69, 9.17) is 12.2 Å². The number of hydrogen-bond donors (Lipinski definition) is 2. The molecule has 1 atom stereocenters. The van der Waals surface area contributed by atoms with Crippen molar-refractivity contribution in [2.24, 2.45) is 5.10 Å². The summed E-state index contributed by atoms with van der Waals surface area (Å²) in [5.41, 5.74) is 2.01. The fourth-order valence-corrected chi connectivity index (χ4v) is 4.42. The molecule has 0 saturated carbocycles. The Kier molecular flexibility index (Phi) is 8.07. The summed E-state index contributed by atoms with van der Waals surface area (Å²) in [6, 6.07) is 7.76. The lowest BCUT2D eigenvalue weighted by atomic mass is 9.98. The van der Waals surface area contributed by atoms with Crippen LogP contribution < -0.4 is 10.5 Å². The molecule has 0 bridgehead atoms. The van der Waals surface area contributed by atoms with Crippen LogP contribution in [0.1, 0.15) is 70.5 Å². The van der Waals surface area contributed by atoms with E-state index in [0.29, 0.717) is 18.7 Å². The van der Waals surface area contributed by atoms with E-state index in [1.807, 2.05) is 31.2 Å². The summed E-state index contributed by atoms with van der Waals surface area (Å²) in [6.07, 6.45) is 2.34. The molecule has 178 valence electrons. The number of benzene rings is 1. The highest BCUT2D eigenvalue weighted by atomic mass is 32.1. The molecule has 8 nitrogen and oxygen atoms in total. The molecule has 0 fully saturated rings. The number of unbranched alkanes of at least 4 members (excludes halogenated alkanes) is 1. The van der Waals surface area contributed by atoms with E-state index in [-0.39, 0.29) is 34.6 Å². The number of anilines is 1. The number of hydrazone groups is 1. The van der Waals surface area contributed by atoms with E-state index in [9.17, 15) is 14.7 Å². The number of H-pyrrole nitrogens is 1. The van der Waals surface area contributed by atoms with Crippen molar-refractivity contribution in [3.05, 3.63) is 50.5 Å². The Morgan fingerprint density at radius 1 is 1.21 bits per heavy atom. The lowest BCUT2D eigenvalue weighted by Crippen LogP contribution is -2.26. The number of aromatic hydroxyl groups is 1. The number of nitrogens with one attached hydrogen (secondary N) is 1. The van der Waals surface area contributed by atoms with Gasteiger partial charge in [0.05, 0.1) is 11.8 Å². The maximum atomic E-state index is 12.8. The number of aromatic nitrogens is 2. The predicted octanol–water partition coefficient (Wildman–Crippen LogP) is 4.35. The molecule has 0 spiro atoms. The molecule has 2 heterocycles. The minimum atomic E-state index is -0.495. The topological polar surface area (TPSA) is 93.9 Å². The summed E-state index contributed by atoms with van der Waals surface area (Å²) < 4.78 is 1.70. The van der Waals surface area contributed by atoms with Gasteiger partial charge in [-0.1, -0.05) is 32.4 Å². The molecule has 0 saturated heterocycles. The van der Waals surface area contributed by atoms with E-state index in [1.165, 1.54) is 9.58 Å². The second kappa shape index (κ2) is 10.8. The number of carbonyl (C=O) groups is 1. The average Bonchev–Trinajstić information content (AvgIpc) is 3.24. The van der Waals surface area contributed by atoms with E-state index in [1.54, 1.807) is 6.92 Å². The second-order valence-electron chi connectivity index (χ2n) is 8.09. The fourth-order valence-electron chi connectivity index (χ4n) is 4.15. The molecule has 1 aliphatic rings. The van der Waals surface area contributed by atoms with Crippen molar-refractivity contribution in [2.45, 2.75) is 66.0 Å². The summed E-state index contributed by atoms with van der Waals surface area (Å²) in [5, 5.41) is 16.9. The first-order valence-electron chi connectivity index (χ1n) is 11.7. The van der Waals surface area contributed by atoms with Gasteiger partial charge in [-0.15, -0.1) is 0 Å². The first kappa shape index (κ1) is 24.7. The molecule has 1 aliphatic heterocycles. The molecule has 9 heteroatoms. The van der Waals surface area contributed by atoms with Crippen molar-refractivity contribution in [3.8, 4) is 5.88 Å². The first-order valence-corrected chi connectivity index (χ1v) is 12.1. The quantitative estimate of drug-likeness (QED) is 0.531. The number of hydrogen-bond acceptors (Lipinski definition) is 6. The van der Waals surface area contributed by atoms with Crippen molar-refractivity contribution < 1.29 is 9.90 Å². The molecule has 0 aliphatic carbocycles. The number of carbonyl (C=O) groups excluding carboxylic acids is 1. The van der Waals surface area contributed by atoms with Gasteiger partial charge in [0.2, 0.25) is 11.8 Å². The van der Waals surface area contributed by atoms with Gasteiger partial charge in [-0.2, -0.15) is 5.10 Å². The lowest BCUT2D eigenvalue weighted by Gasteiger charge is -2.24. The predicted molar refractivity (Wildman–Crippen MR) is 133 cm³/mol. The largest absolute Gasteiger partial charge is 0.494 e. The zero-order valence-corrected chi connectivity index (χ0v) is 20.6. The van der Waals surface area contributed by atoms with E-state index in [0.717, 1.165) is 37.2 Å². The maximum absolute atomic E-state index is 12.8. The van der Waals surface area contributed by atoms with E-state index in [2.05, 4.69) is 28.8 Å². The molecule has 3 rings (SSSR count). The number of amides is 1. The maximum Gasteiger partial charge on any atom is 0.264 e. The highest BCUT2D eigenvalue weighted by molar-refractivity contribution is 7.71. The molecule has 1 amide bonds. The highest BCUT2D eigenvalue weighted by Gasteiger charge is 2.35. The molecule has 1 aromatic carbocycles. The summed E-state index contributed by atoms with van der Waals surface area (Å²) in [6.45, 7) is 10.4. The van der Waals surface area contributed by atoms with Crippen molar-refractivity contribution in [2.75, 3.05) is 18.0 Å². The van der Waals surface area contributed by atoms with Crippen LogP contribution in [-0.4, -0.2) is 44.4 Å². The summed E-state index contributed by atoms with van der Waals surface area (Å²) in [4.78, 5) is 30.4. The second-order valence-corrected chi connectivity index (χ2v) is 8.47. The minimum absolute atomic E-state index is 0.0795. The Hall–Kier alpha value is -2.94. The van der Waals surface area contributed by atoms with Crippen LogP contribution in [0.3, 0.4) is 0 Å². The monoisotopic (exact) mass is 471 g/mol. The van der Waals surface area contributed by atoms with Gasteiger partial charge >= 0.3 is 0 Å². The van der Waals surface area contributed by atoms with Crippen LogP contribution in [0.15, 0.2) is 34.2 Å². The Labute approximate surface area is 199 Å². The van der Waals surface area contributed by atoms with Gasteiger partial charge in [-0.3, -0.25) is 19.1 Å². The molecule has 1 aromatic heterocycles. The van der Waals surface area contributed by atoms with Crippen LogP contribution in [0.2, 0.25) is 0 Å². The fraction of sp³-hybridized carbons (Fsp3) is 0.500. The molecule has 0 unspecified atom stereocenters. The zero-order valence-electron chi connectivity index (χ0n) is 19.8. The van der Waals surface area contributed by atoms with Crippen LogP contribution in [0.4, 0.5) is 5.69 Å². The van der Waals surface area contributed by atoms with Gasteiger partial charge in [-0.25, -0.2) is 5.01 Å². The molecular formula is C24H33N5O3S. The Bertz CT molecular complexity index is 1130. The highest BCUT2D eigenvalue weighted by Crippen LogP contribution is 2.35. The number of aromatic amines is 1. The molecule has 0 radical (unpaired) electrons. The summed E-state index contributed by atoms with van der Waals surface area (Å²) >= 11 is 5.25. The standard InChI is InChI=1S/C24H33N5O3S/c1-5-9-14-28-23(32)21(22(31)25-24(28)33)18-15-19(29(26-18)20(30)6-2)16-10-12-17(13-11-16)27(7-3)8-4/h10-13,19,32H,5-9,14-15H2,1-4H3,(H,25,31,33)/t19-/m0/s1. The van der Waals surface area contributed by atoms with Gasteiger partial charge in [0.25, 0.3) is 5.56 Å². The molecular weight excluding hydrogens is 438 g/mol. The Balaban J connectivity index is 2.01. The van der Waals surface area contributed by atoms with Crippen molar-refractivity contribution in [3.63, 3.8) is 0 Å². The SMILES string of the molecule is CCCCn1c(O)c(C2=NN(C(=O)CC)[C@H](c3ccc(N(CC)CC)cc3)C2)c(=O)[nH]c1=S. The van der Waals surface area contributed by atoms with Gasteiger partial charge < -0.3 is 10.0 Å². The van der Waals surface area contributed by atoms with Crippen LogP contribution in [0.5, 0.6) is 5.88 Å². The Morgan fingerprint density at radius 2 is 1.88 bits per heavy atom. The molecule has 2 aromatic rings. The minimum Gasteiger partial charge on any atom is -0.494 e. The first-order chi connectivity index (χ1) is 15.9. The lowest BCUT2D eigenvalue weighted by molar-refractivity contribution is -0.132. The van der Waals surface area contributed by atoms with Gasteiger partial charge in [0, 0.05) is 38.2 Å². The number of rotatable bonds is 9. The average molecular weight is 472 g/mol. The van der Waals surface area contributed by atoms with Gasteiger partial charge in [0.1, 0.15) is 5.56 Å². The third kappa shape index (κ3) is 5.03. The van der Waals surface area contributed by atoms with Crippen molar-refractivity contribution in [1.82, 2.24) is 14.6 Å². The summed E-state index contributed by atoms with van der Waals surface area (Å²) in [7, 11) is 0. The van der Waals surface area contributed by atoms with Crippen LogP contribution in [0, 0.1) is 4.77 Å². The van der Waals surface area contributed by atoms with E-state index >= 15 is 0 Å². The molecule has 2 N–H and O–H groups in total. The van der Waals surface area contributed by atoms with Crippen molar-refractivity contribution >= 4 is 29.5 Å². The van der Waals surface area contributed by atoms with Gasteiger partial charge in [-0.05, 0) is 50.2 Å². The van der Waals surface area contributed by atoms with Crippen LogP contribution in [0.25, 0.3) is 0 Å². The summed E-state index contributed by atoms with van der Waals surface area (Å²) in [5.74, 6) is -0.338. The Morgan fingerprint density at radius 3 is 2.45 bits per heavy atom. The third-order valence-corrected chi connectivity index (χ3v) is 6.39. The molecule has 33 heavy (non-hydrogen) atoms. The van der Waals surface area contributed by atoms with Gasteiger partial charge in [0.15, 0.2) is 4.77 Å². The third-order valence-electron chi connectivity index (χ3n) is 6.07. The van der Waals surface area contributed by atoms with Crippen molar-refractivity contribution in [1.29, 1.82) is 0 Å².